The summed E-state index contributed by atoms with van der Waals surface area (Å²) in [4.78, 5) is 26.9. The van der Waals surface area contributed by atoms with E-state index in [1.807, 2.05) is 67.9 Å². The zero-order chi connectivity index (χ0) is 21.1. The fourth-order valence-corrected chi connectivity index (χ4v) is 3.08. The molecule has 0 saturated heterocycles. The maximum Gasteiger partial charge on any atom is 0.323 e. The second kappa shape index (κ2) is 8.26. The molecule has 3 rings (SSSR count). The van der Waals surface area contributed by atoms with Gasteiger partial charge in [0, 0.05) is 38.2 Å². The fraction of sp³-hybridized carbons (Fsp3) is 0.273. The Hall–Kier alpha value is -3.48. The third kappa shape index (κ3) is 4.51. The molecule has 3 aromatic rings. The van der Waals surface area contributed by atoms with E-state index in [0.29, 0.717) is 23.3 Å². The summed E-state index contributed by atoms with van der Waals surface area (Å²) in [6.07, 6.45) is 2.07. The number of nitrogens with one attached hydrogen (secondary N) is 2. The van der Waals surface area contributed by atoms with E-state index in [2.05, 4.69) is 16.7 Å². The van der Waals surface area contributed by atoms with Crippen LogP contribution in [0.4, 0.5) is 21.9 Å². The van der Waals surface area contributed by atoms with Gasteiger partial charge in [-0.05, 0) is 56.3 Å². The molecule has 0 fully saturated rings. The first-order valence-electron chi connectivity index (χ1n) is 9.44. The Bertz CT molecular complexity index is 1120. The lowest BCUT2D eigenvalue weighted by molar-refractivity contribution is 0.262. The predicted molar refractivity (Wildman–Crippen MR) is 120 cm³/mol. The number of fused-ring (bicyclic) bond motifs is 1. The summed E-state index contributed by atoms with van der Waals surface area (Å²) in [6, 6.07) is 12.6. The van der Waals surface area contributed by atoms with Crippen LogP contribution in [0.3, 0.4) is 0 Å². The van der Waals surface area contributed by atoms with E-state index in [4.69, 9.17) is 0 Å². The van der Waals surface area contributed by atoms with Crippen LogP contribution < -0.4 is 21.1 Å². The first-order valence-corrected chi connectivity index (χ1v) is 9.44. The van der Waals surface area contributed by atoms with E-state index in [9.17, 15) is 9.59 Å². The molecule has 2 aromatic carbocycles. The van der Waals surface area contributed by atoms with Gasteiger partial charge >= 0.3 is 6.03 Å². The maximum absolute atomic E-state index is 12.6. The first-order chi connectivity index (χ1) is 13.8. The summed E-state index contributed by atoms with van der Waals surface area (Å²) in [7, 11) is 5.67. The van der Waals surface area contributed by atoms with Gasteiger partial charge in [-0.15, -0.1) is 0 Å². The molecule has 0 unspecified atom stereocenters. The van der Waals surface area contributed by atoms with E-state index in [1.54, 1.807) is 23.9 Å². The molecule has 0 aliphatic heterocycles. The van der Waals surface area contributed by atoms with Crippen molar-refractivity contribution >= 4 is 34.0 Å². The van der Waals surface area contributed by atoms with Crippen LogP contribution in [0.15, 0.2) is 58.9 Å². The summed E-state index contributed by atoms with van der Waals surface area (Å²) < 4.78 is 3.51. The Balaban J connectivity index is 1.78. The normalized spacial score (nSPS) is 10.7. The number of amides is 2. The summed E-state index contributed by atoms with van der Waals surface area (Å²) in [5.41, 5.74) is 4.24. The lowest BCUT2D eigenvalue weighted by atomic mass is 10.2. The summed E-state index contributed by atoms with van der Waals surface area (Å²) in [6.45, 7) is 4.67. The molecule has 0 radical (unpaired) electrons. The van der Waals surface area contributed by atoms with Gasteiger partial charge < -0.3 is 15.5 Å². The summed E-state index contributed by atoms with van der Waals surface area (Å²) >= 11 is 0. The molecule has 2 N–H and O–H groups in total. The molecule has 0 aliphatic rings. The largest absolute Gasteiger partial charge is 0.378 e. The maximum atomic E-state index is 12.6. The molecular formula is C22H27N5O2. The zero-order valence-corrected chi connectivity index (χ0v) is 17.5. The highest BCUT2D eigenvalue weighted by Crippen LogP contribution is 2.19. The number of nitrogens with zero attached hydrogens (tertiary/aromatic N) is 3. The van der Waals surface area contributed by atoms with Crippen LogP contribution in [0, 0.1) is 0 Å². The highest BCUT2D eigenvalue weighted by molar-refractivity contribution is 6.01. The van der Waals surface area contributed by atoms with E-state index in [1.165, 1.54) is 5.57 Å². The molecular weight excluding hydrogens is 366 g/mol. The Morgan fingerprint density at radius 2 is 1.66 bits per heavy atom. The van der Waals surface area contributed by atoms with Gasteiger partial charge in [0.05, 0.1) is 17.4 Å². The molecule has 0 aliphatic carbocycles. The first kappa shape index (κ1) is 20.3. The second-order valence-corrected chi connectivity index (χ2v) is 7.44. The smallest absolute Gasteiger partial charge is 0.323 e. The van der Waals surface area contributed by atoms with Gasteiger partial charge in [-0.3, -0.25) is 14.2 Å². The van der Waals surface area contributed by atoms with Crippen LogP contribution in [0.5, 0.6) is 0 Å². The van der Waals surface area contributed by atoms with Gasteiger partial charge in [0.2, 0.25) is 0 Å². The monoisotopic (exact) mass is 393 g/mol. The van der Waals surface area contributed by atoms with Crippen molar-refractivity contribution in [1.82, 2.24) is 9.36 Å². The van der Waals surface area contributed by atoms with Gasteiger partial charge in [-0.1, -0.05) is 11.6 Å². The highest BCUT2D eigenvalue weighted by atomic mass is 16.2. The standard InChI is InChI=1S/C22H27N5O2/c1-15(2)12-13-27-20-11-8-17(14-19(20)21(28)26(27)5)24-22(29)23-16-6-9-18(10-7-16)25(3)4/h6-12,14H,13H2,1-5H3,(H2,23,24,29). The molecule has 0 saturated carbocycles. The Morgan fingerprint density at radius 3 is 2.28 bits per heavy atom. The third-order valence-electron chi connectivity index (χ3n) is 4.73. The fourth-order valence-electron chi connectivity index (χ4n) is 3.08. The third-order valence-corrected chi connectivity index (χ3v) is 4.73. The van der Waals surface area contributed by atoms with Gasteiger partial charge in [0.15, 0.2) is 0 Å². The number of allylic oxidation sites excluding steroid dienone is 2. The molecule has 29 heavy (non-hydrogen) atoms. The lowest BCUT2D eigenvalue weighted by Crippen LogP contribution is -2.19. The number of urea groups is 1. The zero-order valence-electron chi connectivity index (χ0n) is 17.5. The van der Waals surface area contributed by atoms with Gasteiger partial charge in [-0.25, -0.2) is 4.79 Å². The number of benzene rings is 2. The van der Waals surface area contributed by atoms with Crippen LogP contribution >= 0.6 is 0 Å². The van der Waals surface area contributed by atoms with Crippen LogP contribution in [0.1, 0.15) is 13.8 Å². The van der Waals surface area contributed by atoms with Crippen molar-refractivity contribution < 1.29 is 4.79 Å². The minimum atomic E-state index is -0.359. The van der Waals surface area contributed by atoms with Crippen LogP contribution in [0.25, 0.3) is 10.9 Å². The van der Waals surface area contributed by atoms with Crippen molar-refractivity contribution in [2.45, 2.75) is 20.4 Å². The number of carbonyl (C=O) groups is 1. The molecule has 152 valence electrons. The van der Waals surface area contributed by atoms with Crippen LogP contribution in [-0.4, -0.2) is 29.5 Å². The van der Waals surface area contributed by atoms with E-state index in [-0.39, 0.29) is 11.6 Å². The number of aromatic nitrogens is 2. The molecule has 1 aromatic heterocycles. The van der Waals surface area contributed by atoms with Crippen LogP contribution in [0.2, 0.25) is 0 Å². The Morgan fingerprint density at radius 1 is 1.03 bits per heavy atom. The van der Waals surface area contributed by atoms with E-state index >= 15 is 0 Å². The average Bonchev–Trinajstić information content (AvgIpc) is 2.90. The van der Waals surface area contributed by atoms with Gasteiger partial charge in [0.25, 0.3) is 5.56 Å². The number of carbonyl (C=O) groups excluding carboxylic acids is 1. The SMILES string of the molecule is CC(C)=CCn1c2ccc(NC(=O)Nc3ccc(N(C)C)cc3)cc2c(=O)n1C. The molecule has 7 nitrogen and oxygen atoms in total. The second-order valence-electron chi connectivity index (χ2n) is 7.44. The number of anilines is 3. The van der Waals surface area contributed by atoms with Crippen molar-refractivity contribution in [3.05, 3.63) is 64.5 Å². The van der Waals surface area contributed by atoms with Crippen molar-refractivity contribution in [3.63, 3.8) is 0 Å². The number of hydrogen-bond donors (Lipinski definition) is 2. The number of hydrogen-bond acceptors (Lipinski definition) is 3. The molecule has 7 heteroatoms. The minimum Gasteiger partial charge on any atom is -0.378 e. The molecule has 1 heterocycles. The predicted octanol–water partition coefficient (Wildman–Crippen LogP) is 4.02. The van der Waals surface area contributed by atoms with Gasteiger partial charge in [-0.2, -0.15) is 0 Å². The molecule has 0 spiro atoms. The molecule has 2 amide bonds. The minimum absolute atomic E-state index is 0.0921. The van der Waals surface area contributed by atoms with Crippen molar-refractivity contribution in [2.75, 3.05) is 29.6 Å². The quantitative estimate of drug-likeness (QED) is 0.643. The average molecular weight is 393 g/mol. The summed E-state index contributed by atoms with van der Waals surface area (Å²) in [5.74, 6) is 0. The van der Waals surface area contributed by atoms with Crippen molar-refractivity contribution in [1.29, 1.82) is 0 Å². The Kier molecular flexibility index (Phi) is 5.77. The Labute approximate surface area is 170 Å². The van der Waals surface area contributed by atoms with Crippen molar-refractivity contribution in [2.24, 2.45) is 7.05 Å². The van der Waals surface area contributed by atoms with Gasteiger partial charge in [0.1, 0.15) is 0 Å². The molecule has 0 bridgehead atoms. The van der Waals surface area contributed by atoms with E-state index < -0.39 is 0 Å². The van der Waals surface area contributed by atoms with Crippen molar-refractivity contribution in [3.8, 4) is 0 Å². The molecule has 0 atom stereocenters. The van der Waals surface area contributed by atoms with Crippen LogP contribution in [-0.2, 0) is 13.6 Å². The summed E-state index contributed by atoms with van der Waals surface area (Å²) in [5, 5.41) is 6.17. The lowest BCUT2D eigenvalue weighted by Gasteiger charge is -2.13. The van der Waals surface area contributed by atoms with E-state index in [0.717, 1.165) is 11.2 Å². The number of rotatable bonds is 5. The topological polar surface area (TPSA) is 71.3 Å². The highest BCUT2D eigenvalue weighted by Gasteiger charge is 2.12.